The third-order valence-electron chi connectivity index (χ3n) is 2.19. The van der Waals surface area contributed by atoms with Gasteiger partial charge in [-0.05, 0) is 27.4 Å². The van der Waals surface area contributed by atoms with Crippen molar-refractivity contribution in [2.75, 3.05) is 0 Å². The first-order valence-electron chi connectivity index (χ1n) is 4.52. The summed E-state index contributed by atoms with van der Waals surface area (Å²) >= 11 is 11.5. The van der Waals surface area contributed by atoms with E-state index in [2.05, 4.69) is 32.5 Å². The van der Waals surface area contributed by atoms with Crippen molar-refractivity contribution in [2.45, 2.75) is 11.8 Å². The summed E-state index contributed by atoms with van der Waals surface area (Å²) in [5.74, 6) is 0. The van der Waals surface area contributed by atoms with Gasteiger partial charge in [0.1, 0.15) is 4.60 Å². The first-order valence-corrected chi connectivity index (χ1v) is 6.63. The van der Waals surface area contributed by atoms with E-state index in [1.807, 2.05) is 19.3 Å². The molecule has 2 heterocycles. The van der Waals surface area contributed by atoms with Gasteiger partial charge in [-0.15, -0.1) is 22.9 Å². The first-order chi connectivity index (χ1) is 7.18. The highest BCUT2D eigenvalue weighted by atomic mass is 79.9. The zero-order valence-corrected chi connectivity index (χ0v) is 11.3. The van der Waals surface area contributed by atoms with Crippen LogP contribution >= 0.6 is 38.9 Å². The number of hydrogen-bond donors (Lipinski definition) is 0. The van der Waals surface area contributed by atoms with Crippen LogP contribution in [0, 0.1) is 0 Å². The van der Waals surface area contributed by atoms with Crippen molar-refractivity contribution < 1.29 is 0 Å². The number of nitrogens with zero attached hydrogens (tertiary/aromatic N) is 2. The summed E-state index contributed by atoms with van der Waals surface area (Å²) in [6.45, 7) is 0. The number of alkyl halides is 1. The predicted molar refractivity (Wildman–Crippen MR) is 67.5 cm³/mol. The van der Waals surface area contributed by atoms with Crippen molar-refractivity contribution in [3.8, 4) is 0 Å². The molecule has 0 amide bonds. The van der Waals surface area contributed by atoms with Crippen LogP contribution in [0.5, 0.6) is 0 Å². The van der Waals surface area contributed by atoms with Crippen LogP contribution in [0.25, 0.3) is 0 Å². The Morgan fingerprint density at radius 2 is 2.47 bits per heavy atom. The SMILES string of the molecule is Cn1ncc(C(Cl)Cc2cccs2)c1Br. The van der Waals surface area contributed by atoms with Gasteiger partial charge in [0.05, 0.1) is 11.6 Å². The molecule has 1 atom stereocenters. The van der Waals surface area contributed by atoms with E-state index in [0.29, 0.717) is 0 Å². The second-order valence-corrected chi connectivity index (χ2v) is 5.58. The number of hydrogen-bond acceptors (Lipinski definition) is 2. The van der Waals surface area contributed by atoms with Gasteiger partial charge in [0.15, 0.2) is 0 Å². The summed E-state index contributed by atoms with van der Waals surface area (Å²) in [7, 11) is 1.89. The molecule has 80 valence electrons. The maximum Gasteiger partial charge on any atom is 0.108 e. The Labute approximate surface area is 106 Å². The van der Waals surface area contributed by atoms with Crippen molar-refractivity contribution in [3.05, 3.63) is 38.8 Å². The minimum atomic E-state index is -0.0216. The minimum Gasteiger partial charge on any atom is -0.261 e. The fraction of sp³-hybridized carbons (Fsp3) is 0.300. The molecule has 0 aliphatic rings. The summed E-state index contributed by atoms with van der Waals surface area (Å²) in [5.41, 5.74) is 1.05. The van der Waals surface area contributed by atoms with E-state index in [0.717, 1.165) is 16.6 Å². The fourth-order valence-corrected chi connectivity index (χ4v) is 3.14. The van der Waals surface area contributed by atoms with Gasteiger partial charge in [-0.1, -0.05) is 6.07 Å². The first kappa shape index (κ1) is 11.2. The third-order valence-corrected chi connectivity index (χ3v) is 4.45. The summed E-state index contributed by atoms with van der Waals surface area (Å²) < 4.78 is 2.73. The van der Waals surface area contributed by atoms with Crippen LogP contribution in [0.3, 0.4) is 0 Å². The average Bonchev–Trinajstić information content (AvgIpc) is 2.79. The van der Waals surface area contributed by atoms with E-state index in [-0.39, 0.29) is 5.38 Å². The van der Waals surface area contributed by atoms with Crippen LogP contribution in [0.15, 0.2) is 28.3 Å². The molecular weight excluding hydrogens is 296 g/mol. The Morgan fingerprint density at radius 3 is 3.00 bits per heavy atom. The molecule has 15 heavy (non-hydrogen) atoms. The number of aryl methyl sites for hydroxylation is 1. The molecule has 0 spiro atoms. The average molecular weight is 306 g/mol. The largest absolute Gasteiger partial charge is 0.261 e. The number of thiophene rings is 1. The lowest BCUT2D eigenvalue weighted by molar-refractivity contribution is 0.746. The van der Waals surface area contributed by atoms with Gasteiger partial charge < -0.3 is 0 Å². The van der Waals surface area contributed by atoms with Crippen molar-refractivity contribution in [2.24, 2.45) is 7.05 Å². The molecule has 0 radical (unpaired) electrons. The predicted octanol–water partition coefficient (Wildman–Crippen LogP) is 3.77. The molecule has 0 aliphatic heterocycles. The Kier molecular flexibility index (Phi) is 3.49. The Morgan fingerprint density at radius 1 is 1.67 bits per heavy atom. The highest BCUT2D eigenvalue weighted by Crippen LogP contribution is 2.31. The van der Waals surface area contributed by atoms with Gasteiger partial charge in [0, 0.05) is 23.9 Å². The summed E-state index contributed by atoms with van der Waals surface area (Å²) in [5, 5.41) is 6.20. The van der Waals surface area contributed by atoms with Gasteiger partial charge in [0.2, 0.25) is 0 Å². The van der Waals surface area contributed by atoms with E-state index in [1.165, 1.54) is 4.88 Å². The van der Waals surface area contributed by atoms with Crippen LogP contribution < -0.4 is 0 Å². The van der Waals surface area contributed by atoms with Crippen LogP contribution in [-0.2, 0) is 13.5 Å². The molecule has 2 nitrogen and oxygen atoms in total. The van der Waals surface area contributed by atoms with Crippen LogP contribution in [0.1, 0.15) is 15.8 Å². The van der Waals surface area contributed by atoms with E-state index >= 15 is 0 Å². The highest BCUT2D eigenvalue weighted by molar-refractivity contribution is 9.10. The van der Waals surface area contributed by atoms with Gasteiger partial charge in [-0.3, -0.25) is 4.68 Å². The Bertz CT molecular complexity index is 438. The van der Waals surface area contributed by atoms with E-state index < -0.39 is 0 Å². The second-order valence-electron chi connectivity index (χ2n) is 3.27. The van der Waals surface area contributed by atoms with Crippen molar-refractivity contribution >= 4 is 38.9 Å². The maximum absolute atomic E-state index is 6.34. The maximum atomic E-state index is 6.34. The smallest absolute Gasteiger partial charge is 0.108 e. The van der Waals surface area contributed by atoms with Gasteiger partial charge in [-0.2, -0.15) is 5.10 Å². The molecule has 0 aromatic carbocycles. The van der Waals surface area contributed by atoms with Gasteiger partial charge in [-0.25, -0.2) is 0 Å². The molecule has 1 unspecified atom stereocenters. The molecule has 0 bridgehead atoms. The van der Waals surface area contributed by atoms with Crippen molar-refractivity contribution in [1.29, 1.82) is 0 Å². The molecule has 0 fully saturated rings. The Balaban J connectivity index is 2.14. The number of halogens is 2. The molecule has 0 aliphatic carbocycles. The van der Waals surface area contributed by atoms with Crippen molar-refractivity contribution in [3.63, 3.8) is 0 Å². The normalized spacial score (nSPS) is 13.0. The Hall–Kier alpha value is -0.320. The van der Waals surface area contributed by atoms with E-state index in [9.17, 15) is 0 Å². The monoisotopic (exact) mass is 304 g/mol. The molecular formula is C10H10BrClN2S. The quantitative estimate of drug-likeness (QED) is 0.789. The lowest BCUT2D eigenvalue weighted by Crippen LogP contribution is -1.95. The number of aromatic nitrogens is 2. The zero-order chi connectivity index (χ0) is 10.8. The molecule has 5 heteroatoms. The molecule has 0 N–H and O–H groups in total. The van der Waals surface area contributed by atoms with E-state index in [1.54, 1.807) is 16.0 Å². The molecule has 2 aromatic heterocycles. The molecule has 0 saturated heterocycles. The zero-order valence-electron chi connectivity index (χ0n) is 8.15. The molecule has 2 aromatic rings. The molecule has 2 rings (SSSR count). The second kappa shape index (κ2) is 4.68. The number of rotatable bonds is 3. The standard InChI is InChI=1S/C10H10BrClN2S/c1-14-10(11)8(6-13-14)9(12)5-7-3-2-4-15-7/h2-4,6,9H,5H2,1H3. The van der Waals surface area contributed by atoms with Crippen LogP contribution in [-0.4, -0.2) is 9.78 Å². The lowest BCUT2D eigenvalue weighted by atomic mass is 10.2. The van der Waals surface area contributed by atoms with Crippen LogP contribution in [0.4, 0.5) is 0 Å². The van der Waals surface area contributed by atoms with Crippen molar-refractivity contribution in [1.82, 2.24) is 9.78 Å². The molecule has 0 saturated carbocycles. The summed E-state index contributed by atoms with van der Waals surface area (Å²) in [6.07, 6.45) is 2.67. The summed E-state index contributed by atoms with van der Waals surface area (Å²) in [6, 6.07) is 4.15. The topological polar surface area (TPSA) is 17.8 Å². The highest BCUT2D eigenvalue weighted by Gasteiger charge is 2.15. The van der Waals surface area contributed by atoms with Gasteiger partial charge >= 0.3 is 0 Å². The summed E-state index contributed by atoms with van der Waals surface area (Å²) in [4.78, 5) is 1.30. The van der Waals surface area contributed by atoms with Gasteiger partial charge in [0.25, 0.3) is 0 Å². The third kappa shape index (κ3) is 2.44. The minimum absolute atomic E-state index is 0.0216. The lowest BCUT2D eigenvalue weighted by Gasteiger charge is -2.06. The van der Waals surface area contributed by atoms with Crippen LogP contribution in [0.2, 0.25) is 0 Å². The van der Waals surface area contributed by atoms with E-state index in [4.69, 9.17) is 11.6 Å². The fourth-order valence-electron chi connectivity index (χ4n) is 1.37.